The Morgan fingerprint density at radius 1 is 1.18 bits per heavy atom. The summed E-state index contributed by atoms with van der Waals surface area (Å²) >= 11 is 0. The van der Waals surface area contributed by atoms with E-state index in [9.17, 15) is 19.2 Å². The van der Waals surface area contributed by atoms with Crippen molar-refractivity contribution in [3.63, 3.8) is 0 Å². The van der Waals surface area contributed by atoms with Gasteiger partial charge >= 0.3 is 0 Å². The Morgan fingerprint density at radius 3 is 2.18 bits per heavy atom. The smallest absolute Gasteiger partial charge is 0.227 e. The molecule has 0 rings (SSSR count). The van der Waals surface area contributed by atoms with Crippen molar-refractivity contribution in [3.8, 4) is 0 Å². The molecule has 0 aliphatic heterocycles. The summed E-state index contributed by atoms with van der Waals surface area (Å²) in [4.78, 5) is 43.6. The van der Waals surface area contributed by atoms with Gasteiger partial charge in [0.1, 0.15) is 11.6 Å². The third kappa shape index (κ3) is 7.21. The molecule has 0 radical (unpaired) electrons. The summed E-state index contributed by atoms with van der Waals surface area (Å²) in [5, 5.41) is 2.52. The van der Waals surface area contributed by atoms with Crippen molar-refractivity contribution in [1.29, 1.82) is 0 Å². The van der Waals surface area contributed by atoms with Crippen molar-refractivity contribution in [3.05, 3.63) is 0 Å². The van der Waals surface area contributed by atoms with E-state index in [1.807, 2.05) is 0 Å². The van der Waals surface area contributed by atoms with Gasteiger partial charge in [-0.25, -0.2) is 0 Å². The van der Waals surface area contributed by atoms with Crippen LogP contribution < -0.4 is 11.1 Å². The van der Waals surface area contributed by atoms with Gasteiger partial charge in [-0.3, -0.25) is 19.2 Å². The number of ketones is 2. The van der Waals surface area contributed by atoms with Crippen LogP contribution in [0.3, 0.4) is 0 Å². The van der Waals surface area contributed by atoms with Crippen LogP contribution in [0, 0.1) is 5.92 Å². The number of nitrogens with two attached hydrogens (primary N) is 1. The highest BCUT2D eigenvalue weighted by molar-refractivity contribution is 5.99. The Bertz CT molecular complexity index is 311. The number of carbonyl (C=O) groups is 4. The zero-order valence-corrected chi connectivity index (χ0v) is 10.1. The lowest BCUT2D eigenvalue weighted by Gasteiger charge is -2.09. The molecule has 0 aliphatic rings. The second-order valence-corrected chi connectivity index (χ2v) is 3.94. The summed E-state index contributed by atoms with van der Waals surface area (Å²) in [6, 6.07) is 0. The van der Waals surface area contributed by atoms with Gasteiger partial charge in [0.15, 0.2) is 0 Å². The van der Waals surface area contributed by atoms with Crippen molar-refractivity contribution in [2.45, 2.75) is 33.1 Å². The molecule has 0 aromatic rings. The van der Waals surface area contributed by atoms with Crippen LogP contribution in [0.15, 0.2) is 0 Å². The molecule has 0 heterocycles. The van der Waals surface area contributed by atoms with Crippen LogP contribution in [0.2, 0.25) is 0 Å². The maximum absolute atomic E-state index is 11.1. The number of rotatable bonds is 8. The SMILES string of the molecule is CC(=O)CC(=O)NCCCC(C(C)=O)C(N)=O. The summed E-state index contributed by atoms with van der Waals surface area (Å²) in [6.45, 7) is 2.96. The van der Waals surface area contributed by atoms with Crippen LogP contribution >= 0.6 is 0 Å². The fraction of sp³-hybridized carbons (Fsp3) is 0.636. The normalized spacial score (nSPS) is 11.6. The number of amides is 2. The first-order valence-corrected chi connectivity index (χ1v) is 5.40. The lowest BCUT2D eigenvalue weighted by molar-refractivity contribution is -0.131. The van der Waals surface area contributed by atoms with Gasteiger partial charge in [-0.2, -0.15) is 0 Å². The molecular formula is C11H18N2O4. The summed E-state index contributed by atoms with van der Waals surface area (Å²) in [7, 11) is 0. The number of carbonyl (C=O) groups excluding carboxylic acids is 4. The number of Topliss-reactive ketones (excluding diaryl/α,β-unsaturated/α-hetero) is 2. The molecule has 0 aromatic heterocycles. The zero-order valence-electron chi connectivity index (χ0n) is 10.1. The highest BCUT2D eigenvalue weighted by atomic mass is 16.2. The van der Waals surface area contributed by atoms with E-state index in [1.165, 1.54) is 13.8 Å². The first kappa shape index (κ1) is 15.3. The zero-order chi connectivity index (χ0) is 13.4. The number of hydrogen-bond acceptors (Lipinski definition) is 4. The van der Waals surface area contributed by atoms with Crippen molar-refractivity contribution in [2.24, 2.45) is 11.7 Å². The molecule has 0 fully saturated rings. The predicted octanol–water partition coefficient (Wildman–Crippen LogP) is -0.448. The van der Waals surface area contributed by atoms with E-state index in [1.54, 1.807) is 0 Å². The average Bonchev–Trinajstić information content (AvgIpc) is 2.14. The molecule has 0 spiro atoms. The molecule has 6 heteroatoms. The van der Waals surface area contributed by atoms with Crippen LogP contribution in [0.4, 0.5) is 0 Å². The van der Waals surface area contributed by atoms with E-state index in [0.29, 0.717) is 19.4 Å². The minimum absolute atomic E-state index is 0.147. The first-order chi connectivity index (χ1) is 7.84. The molecule has 2 amide bonds. The van der Waals surface area contributed by atoms with E-state index in [-0.39, 0.29) is 23.9 Å². The number of nitrogens with one attached hydrogen (secondary N) is 1. The fourth-order valence-electron chi connectivity index (χ4n) is 1.37. The Hall–Kier alpha value is -1.72. The minimum Gasteiger partial charge on any atom is -0.369 e. The van der Waals surface area contributed by atoms with Crippen LogP contribution in [-0.4, -0.2) is 29.9 Å². The third-order valence-electron chi connectivity index (χ3n) is 2.24. The summed E-state index contributed by atoms with van der Waals surface area (Å²) < 4.78 is 0. The summed E-state index contributed by atoms with van der Waals surface area (Å²) in [6.07, 6.45) is 0.633. The van der Waals surface area contributed by atoms with Crippen molar-refractivity contribution >= 4 is 23.4 Å². The van der Waals surface area contributed by atoms with Gasteiger partial charge in [0.25, 0.3) is 0 Å². The molecule has 0 bridgehead atoms. The van der Waals surface area contributed by atoms with Gasteiger partial charge < -0.3 is 11.1 Å². The van der Waals surface area contributed by atoms with E-state index < -0.39 is 11.8 Å². The second kappa shape index (κ2) is 7.54. The molecule has 3 N–H and O–H groups in total. The number of primary amides is 1. The van der Waals surface area contributed by atoms with Gasteiger partial charge in [0.05, 0.1) is 12.3 Å². The van der Waals surface area contributed by atoms with E-state index in [2.05, 4.69) is 5.32 Å². The molecule has 0 aliphatic carbocycles. The highest BCUT2D eigenvalue weighted by Gasteiger charge is 2.19. The van der Waals surface area contributed by atoms with Gasteiger partial charge in [0, 0.05) is 6.54 Å². The van der Waals surface area contributed by atoms with Gasteiger partial charge in [-0.1, -0.05) is 0 Å². The van der Waals surface area contributed by atoms with Crippen LogP contribution in [0.25, 0.3) is 0 Å². The molecule has 0 saturated heterocycles. The van der Waals surface area contributed by atoms with E-state index in [0.717, 1.165) is 0 Å². The molecule has 0 aromatic carbocycles. The molecule has 0 saturated carbocycles. The minimum atomic E-state index is -0.792. The van der Waals surface area contributed by atoms with Crippen molar-refractivity contribution in [2.75, 3.05) is 6.54 Å². The Balaban J connectivity index is 3.83. The fourth-order valence-corrected chi connectivity index (χ4v) is 1.37. The van der Waals surface area contributed by atoms with Crippen LogP contribution in [0.1, 0.15) is 33.1 Å². The Morgan fingerprint density at radius 2 is 1.76 bits per heavy atom. The van der Waals surface area contributed by atoms with Gasteiger partial charge in [0.2, 0.25) is 11.8 Å². The van der Waals surface area contributed by atoms with Gasteiger partial charge in [-0.05, 0) is 26.7 Å². The monoisotopic (exact) mass is 242 g/mol. The van der Waals surface area contributed by atoms with Crippen molar-refractivity contribution in [1.82, 2.24) is 5.32 Å². The molecule has 6 nitrogen and oxygen atoms in total. The Kier molecular flexibility index (Phi) is 6.77. The lowest BCUT2D eigenvalue weighted by Crippen LogP contribution is -2.31. The molecular weight excluding hydrogens is 224 g/mol. The first-order valence-electron chi connectivity index (χ1n) is 5.40. The van der Waals surface area contributed by atoms with Crippen LogP contribution in [0.5, 0.6) is 0 Å². The third-order valence-corrected chi connectivity index (χ3v) is 2.24. The summed E-state index contributed by atoms with van der Waals surface area (Å²) in [5.41, 5.74) is 5.05. The highest BCUT2D eigenvalue weighted by Crippen LogP contribution is 2.06. The maximum atomic E-state index is 11.1. The second-order valence-electron chi connectivity index (χ2n) is 3.94. The van der Waals surface area contributed by atoms with Crippen molar-refractivity contribution < 1.29 is 19.2 Å². The lowest BCUT2D eigenvalue weighted by atomic mass is 9.98. The maximum Gasteiger partial charge on any atom is 0.227 e. The largest absolute Gasteiger partial charge is 0.369 e. The Labute approximate surface area is 99.9 Å². The topological polar surface area (TPSA) is 106 Å². The number of hydrogen-bond donors (Lipinski definition) is 2. The quantitative estimate of drug-likeness (QED) is 0.444. The standard InChI is InChI=1S/C11H18N2O4/c1-7(14)6-10(16)13-5-3-4-9(8(2)15)11(12)17/h9H,3-6H2,1-2H3,(H2,12,17)(H,13,16). The molecule has 1 atom stereocenters. The van der Waals surface area contributed by atoms with E-state index in [4.69, 9.17) is 5.73 Å². The van der Waals surface area contributed by atoms with E-state index >= 15 is 0 Å². The summed E-state index contributed by atoms with van der Waals surface area (Å²) in [5.74, 6) is -2.27. The molecule has 1 unspecified atom stereocenters. The molecule has 96 valence electrons. The molecule has 17 heavy (non-hydrogen) atoms. The average molecular weight is 242 g/mol. The predicted molar refractivity (Wildman–Crippen MR) is 60.9 cm³/mol. The van der Waals surface area contributed by atoms with Crippen LogP contribution in [-0.2, 0) is 19.2 Å². The van der Waals surface area contributed by atoms with Gasteiger partial charge in [-0.15, -0.1) is 0 Å².